The average Bonchev–Trinajstić information content (AvgIpc) is 2.37. The second kappa shape index (κ2) is 7.61. The van der Waals surface area contributed by atoms with Crippen molar-refractivity contribution in [2.45, 2.75) is 26.3 Å². The highest BCUT2D eigenvalue weighted by molar-refractivity contribution is 5.92. The molecule has 20 heavy (non-hydrogen) atoms. The molecule has 1 heterocycles. The molecule has 108 valence electrons. The van der Waals surface area contributed by atoms with Gasteiger partial charge in [-0.3, -0.25) is 4.79 Å². The minimum atomic E-state index is -0.193. The van der Waals surface area contributed by atoms with Crippen LogP contribution >= 0.6 is 0 Å². The summed E-state index contributed by atoms with van der Waals surface area (Å²) in [7, 11) is 3.97. The van der Waals surface area contributed by atoms with Crippen LogP contribution in [0.25, 0.3) is 0 Å². The highest BCUT2D eigenvalue weighted by Crippen LogP contribution is 2.07. The van der Waals surface area contributed by atoms with Gasteiger partial charge in [0.1, 0.15) is 11.8 Å². The third kappa shape index (κ3) is 5.37. The standard InChI is InChI=1S/C15H22N4O/c1-11(2)7-13(10-19(3)4)18-15(20)14-6-5-12(8-16)9-17-14/h5-6,9,11,13H,7,10H2,1-4H3,(H,18,20). The van der Waals surface area contributed by atoms with Gasteiger partial charge in [0.25, 0.3) is 5.91 Å². The Morgan fingerprint density at radius 2 is 2.15 bits per heavy atom. The zero-order chi connectivity index (χ0) is 15.1. The summed E-state index contributed by atoms with van der Waals surface area (Å²) in [5.74, 6) is 0.316. The third-order valence-corrected chi connectivity index (χ3v) is 2.80. The van der Waals surface area contributed by atoms with Crippen molar-refractivity contribution in [3.63, 3.8) is 0 Å². The van der Waals surface area contributed by atoms with Crippen LogP contribution in [0.1, 0.15) is 36.3 Å². The number of aromatic nitrogens is 1. The van der Waals surface area contributed by atoms with Crippen molar-refractivity contribution in [2.24, 2.45) is 5.92 Å². The van der Waals surface area contributed by atoms with Crippen LogP contribution in [0.15, 0.2) is 18.3 Å². The summed E-state index contributed by atoms with van der Waals surface area (Å²) < 4.78 is 0. The number of pyridine rings is 1. The number of nitrogens with one attached hydrogen (secondary N) is 1. The van der Waals surface area contributed by atoms with Crippen molar-refractivity contribution in [2.75, 3.05) is 20.6 Å². The fraction of sp³-hybridized carbons (Fsp3) is 0.533. The second-order valence-corrected chi connectivity index (χ2v) is 5.61. The Kier molecular flexibility index (Phi) is 6.13. The Balaban J connectivity index is 2.71. The van der Waals surface area contributed by atoms with E-state index in [0.29, 0.717) is 17.2 Å². The smallest absolute Gasteiger partial charge is 0.270 e. The number of nitriles is 1. The topological polar surface area (TPSA) is 69.0 Å². The molecule has 1 unspecified atom stereocenters. The maximum Gasteiger partial charge on any atom is 0.270 e. The summed E-state index contributed by atoms with van der Waals surface area (Å²) in [6, 6.07) is 5.26. The van der Waals surface area contributed by atoms with E-state index in [1.165, 1.54) is 6.20 Å². The van der Waals surface area contributed by atoms with Gasteiger partial charge in [0.05, 0.1) is 5.56 Å². The van der Waals surface area contributed by atoms with Crippen LogP contribution in [-0.4, -0.2) is 42.5 Å². The van der Waals surface area contributed by atoms with Gasteiger partial charge in [0.15, 0.2) is 0 Å². The summed E-state index contributed by atoms with van der Waals surface area (Å²) in [6.45, 7) is 5.06. The average molecular weight is 274 g/mol. The first-order chi connectivity index (χ1) is 9.42. The van der Waals surface area contributed by atoms with Crippen LogP contribution in [0.4, 0.5) is 0 Å². The maximum atomic E-state index is 12.1. The molecule has 5 heteroatoms. The van der Waals surface area contributed by atoms with Gasteiger partial charge in [0, 0.05) is 18.8 Å². The van der Waals surface area contributed by atoms with Crippen molar-refractivity contribution in [1.29, 1.82) is 5.26 Å². The maximum absolute atomic E-state index is 12.1. The van der Waals surface area contributed by atoms with Crippen LogP contribution in [0, 0.1) is 17.2 Å². The van der Waals surface area contributed by atoms with Crippen LogP contribution < -0.4 is 5.32 Å². The Hall–Kier alpha value is -1.93. The quantitative estimate of drug-likeness (QED) is 0.856. The van der Waals surface area contributed by atoms with Gasteiger partial charge in [-0.05, 0) is 38.6 Å². The second-order valence-electron chi connectivity index (χ2n) is 5.61. The van der Waals surface area contributed by atoms with Gasteiger partial charge in [-0.1, -0.05) is 13.8 Å². The van der Waals surface area contributed by atoms with E-state index in [2.05, 4.69) is 29.0 Å². The molecule has 0 aliphatic heterocycles. The van der Waals surface area contributed by atoms with Gasteiger partial charge >= 0.3 is 0 Å². The van der Waals surface area contributed by atoms with Crippen molar-refractivity contribution in [3.05, 3.63) is 29.6 Å². The molecule has 0 spiro atoms. The predicted molar refractivity (Wildman–Crippen MR) is 78.2 cm³/mol. The Morgan fingerprint density at radius 1 is 1.45 bits per heavy atom. The van der Waals surface area contributed by atoms with Gasteiger partial charge in [-0.15, -0.1) is 0 Å². The van der Waals surface area contributed by atoms with Crippen LogP contribution in [0.5, 0.6) is 0 Å². The minimum absolute atomic E-state index is 0.0925. The molecule has 1 aromatic heterocycles. The summed E-state index contributed by atoms with van der Waals surface area (Å²) >= 11 is 0. The minimum Gasteiger partial charge on any atom is -0.347 e. The van der Waals surface area contributed by atoms with E-state index < -0.39 is 0 Å². The number of carbonyl (C=O) groups is 1. The lowest BCUT2D eigenvalue weighted by Gasteiger charge is -2.23. The molecule has 1 rings (SSSR count). The van der Waals surface area contributed by atoms with Gasteiger partial charge < -0.3 is 10.2 Å². The molecule has 0 radical (unpaired) electrons. The van der Waals surface area contributed by atoms with E-state index >= 15 is 0 Å². The lowest BCUT2D eigenvalue weighted by molar-refractivity contribution is 0.0919. The van der Waals surface area contributed by atoms with Crippen LogP contribution in [-0.2, 0) is 0 Å². The van der Waals surface area contributed by atoms with E-state index in [1.807, 2.05) is 20.2 Å². The summed E-state index contributed by atoms with van der Waals surface area (Å²) in [6.07, 6.45) is 2.33. The van der Waals surface area contributed by atoms with Gasteiger partial charge in [-0.2, -0.15) is 5.26 Å². The normalized spacial score (nSPS) is 12.2. The first kappa shape index (κ1) is 16.1. The predicted octanol–water partition coefficient (Wildman–Crippen LogP) is 1.66. The monoisotopic (exact) mass is 274 g/mol. The Labute approximate surface area is 120 Å². The van der Waals surface area contributed by atoms with Crippen molar-refractivity contribution >= 4 is 5.91 Å². The molecule has 0 aromatic carbocycles. The molecular formula is C15H22N4O. The first-order valence-electron chi connectivity index (χ1n) is 6.74. The van der Waals surface area contributed by atoms with Crippen molar-refractivity contribution in [1.82, 2.24) is 15.2 Å². The molecule has 0 aliphatic carbocycles. The number of rotatable bonds is 6. The SMILES string of the molecule is CC(C)CC(CN(C)C)NC(=O)c1ccc(C#N)cn1. The van der Waals surface area contributed by atoms with E-state index in [9.17, 15) is 4.79 Å². The Bertz CT molecular complexity index is 464. The number of likely N-dealkylation sites (N-methyl/N-ethyl adjacent to an activating group) is 1. The van der Waals surface area contributed by atoms with Crippen LogP contribution in [0.2, 0.25) is 0 Å². The van der Waals surface area contributed by atoms with Crippen molar-refractivity contribution < 1.29 is 4.79 Å². The van der Waals surface area contributed by atoms with Gasteiger partial charge in [-0.25, -0.2) is 4.98 Å². The zero-order valence-electron chi connectivity index (χ0n) is 12.6. The Morgan fingerprint density at radius 3 is 2.60 bits per heavy atom. The molecular weight excluding hydrogens is 252 g/mol. The molecule has 1 atom stereocenters. The molecule has 0 fully saturated rings. The lowest BCUT2D eigenvalue weighted by atomic mass is 10.0. The number of hydrogen-bond acceptors (Lipinski definition) is 4. The molecule has 1 aromatic rings. The highest BCUT2D eigenvalue weighted by atomic mass is 16.1. The molecule has 0 saturated carbocycles. The number of amides is 1. The molecule has 5 nitrogen and oxygen atoms in total. The summed E-state index contributed by atoms with van der Waals surface area (Å²) in [5, 5.41) is 11.7. The number of carbonyl (C=O) groups excluding carboxylic acids is 1. The first-order valence-corrected chi connectivity index (χ1v) is 6.74. The molecule has 1 amide bonds. The van der Waals surface area contributed by atoms with E-state index in [4.69, 9.17) is 5.26 Å². The molecule has 0 saturated heterocycles. The molecule has 1 N–H and O–H groups in total. The largest absolute Gasteiger partial charge is 0.347 e. The third-order valence-electron chi connectivity index (χ3n) is 2.80. The number of hydrogen-bond donors (Lipinski definition) is 1. The number of nitrogens with zero attached hydrogens (tertiary/aromatic N) is 3. The van der Waals surface area contributed by atoms with Crippen LogP contribution in [0.3, 0.4) is 0 Å². The van der Waals surface area contributed by atoms with E-state index in [-0.39, 0.29) is 11.9 Å². The molecule has 0 aliphatic rings. The zero-order valence-corrected chi connectivity index (χ0v) is 12.6. The summed E-state index contributed by atoms with van der Waals surface area (Å²) in [4.78, 5) is 18.2. The summed E-state index contributed by atoms with van der Waals surface area (Å²) in [5.41, 5.74) is 0.796. The van der Waals surface area contributed by atoms with Crippen molar-refractivity contribution in [3.8, 4) is 6.07 Å². The lowest BCUT2D eigenvalue weighted by Crippen LogP contribution is -2.42. The van der Waals surface area contributed by atoms with Gasteiger partial charge in [0.2, 0.25) is 0 Å². The highest BCUT2D eigenvalue weighted by Gasteiger charge is 2.16. The van der Waals surface area contributed by atoms with E-state index in [0.717, 1.165) is 13.0 Å². The van der Waals surface area contributed by atoms with E-state index in [1.54, 1.807) is 12.1 Å². The molecule has 0 bridgehead atoms. The fourth-order valence-corrected chi connectivity index (χ4v) is 2.04. The fourth-order valence-electron chi connectivity index (χ4n) is 2.04.